The SMILES string of the molecule is Nc1nc(Cl)nc(Nc2ccc(/C=C/c3ccc(Nc4nc(Cl)nc(Nc5ccccc5)n4)cc3SOO[O-])c(S(=O)(=O)[O-])c2)n1.Nc1nc(Cl)nc(Nc2ccc(/C=C/c3ccc(Nc4nc(N)nc(Cl)n4)cc3S(=O)(=O)[O-])c(SOO[O-])c2)n1.O=S(=O)([O-])c1cc(Nc2nc(Cl)nc(Nc3ccccc3)n2)ccc1/C=C/c1ccc(Nc2nc(Cl)nc(Nc3ccccc3)n2)cc1SOO[O-].[Na+].[Na+].[Na+].[Na+].[Na+].[Na+]. The van der Waals surface area contributed by atoms with Crippen molar-refractivity contribution in [2.45, 2.75) is 29.4 Å². The maximum Gasteiger partial charge on any atom is 1.00 e. The van der Waals surface area contributed by atoms with Gasteiger partial charge in [0.2, 0.25) is 103 Å². The second kappa shape index (κ2) is 59.4. The summed E-state index contributed by atoms with van der Waals surface area (Å²) in [6.45, 7) is 0. The van der Waals surface area contributed by atoms with Crippen molar-refractivity contribution in [1.29, 1.82) is 0 Å². The topological polar surface area (TPSA) is 715 Å². The predicted octanol–water partition coefficient (Wildman–Crippen LogP) is -4.53. The summed E-state index contributed by atoms with van der Waals surface area (Å²) < 4.78 is 123. The number of aromatic nitrogens is 18. The first-order valence-corrected chi connectivity index (χ1v) is 46.4. The quantitative estimate of drug-likeness (QED) is 0.00439. The zero-order chi connectivity index (χ0) is 98.0. The van der Waals surface area contributed by atoms with Crippen molar-refractivity contribution in [3.63, 3.8) is 0 Å². The van der Waals surface area contributed by atoms with Crippen LogP contribution in [0.2, 0.25) is 31.7 Å². The standard InChI is InChI=1S/C32H24Cl2N10O6S2.C26H20Cl2N10O6S2.C20H16Cl2N10O6S2.6Na/c33-27-39-29(35-21-7-3-1-4-8-21)43-31(41-27)37-23-15-13-19(25(17-23)51-50-49-45)11-12-20-14-16-24(18-26(20)52(46,47)48)38-32-42-28(34)40-30(44-32)36-22-9-5-2-6-10-22;27-21-33-23(29)37-24(34-21)32-18-11-9-15(20(13-18)46(40,41)42)7-6-14-8-10-17(12-19(14)45-44-43-39)31-26-36-22(28)35-25(38-26)30-16-4-2-1-3-5-16;21-15-27-17(23)31-19(29-15)25-11-5-3-9(13(7-11)39-38-37-33)1-2-10-4-6-12(8-14(10)40(34,35)36)26-20-30-16(22)28-18(24)32-20;;;;;;/h1-18,45H,(H,46,47,48)(H2,35,37,39,41,43)(H2,36,38,40,42,44);1-13,39H,(H,40,41,42)(H3,29,32,33,34,37)(H2,30,31,35,36,38);1-8,33H,(H,34,35,36)(H3,23,25,27,29,31)(H3,24,26,28,30,32);;;;;;/q;;;6*+1/p-6/b12-11+;7-6+;2-1+;;;;;;. The van der Waals surface area contributed by atoms with Gasteiger partial charge in [0.1, 0.15) is 30.4 Å². The largest absolute Gasteiger partial charge is 1.00 e. The second-order valence-corrected chi connectivity index (χ2v) is 34.7. The number of benzene rings is 9. The van der Waals surface area contributed by atoms with Crippen LogP contribution in [-0.2, 0) is 58.5 Å². The van der Waals surface area contributed by atoms with Crippen LogP contribution in [0.1, 0.15) is 33.4 Å². The number of hydrogen-bond acceptors (Lipinski definition) is 51. The van der Waals surface area contributed by atoms with Crippen LogP contribution in [0.3, 0.4) is 0 Å². The summed E-state index contributed by atoms with van der Waals surface area (Å²) in [4.78, 5) is 70.9. The van der Waals surface area contributed by atoms with Crippen molar-refractivity contribution < 1.29 is 260 Å². The van der Waals surface area contributed by atoms with E-state index >= 15 is 0 Å². The maximum atomic E-state index is 12.4. The molecule has 0 aliphatic rings. The molecule has 0 saturated heterocycles. The summed E-state index contributed by atoms with van der Waals surface area (Å²) >= 11 is 37.4. The number of nitrogen functional groups attached to an aromatic ring is 3. The van der Waals surface area contributed by atoms with Crippen LogP contribution in [0, 0.1) is 0 Å². The number of anilines is 21. The molecule has 0 fully saturated rings. The van der Waals surface area contributed by atoms with E-state index in [2.05, 4.69) is 166 Å². The molecule has 0 spiro atoms. The monoisotopic (exact) mass is 2240 g/mol. The molecular formula is C78H54Cl6N30Na6O18S6. The molecule has 708 valence electrons. The van der Waals surface area contributed by atoms with Gasteiger partial charge in [0.15, 0.2) is 0 Å². The van der Waals surface area contributed by atoms with E-state index in [1.165, 1.54) is 72.9 Å². The van der Waals surface area contributed by atoms with Gasteiger partial charge in [-0.1, -0.05) is 127 Å². The molecule has 15 N–H and O–H groups in total. The minimum Gasteiger partial charge on any atom is -0.744 e. The zero-order valence-corrected chi connectivity index (χ0v) is 95.8. The van der Waals surface area contributed by atoms with Gasteiger partial charge in [0.05, 0.1) is 50.8 Å². The van der Waals surface area contributed by atoms with Crippen molar-refractivity contribution >= 4 is 295 Å². The molecule has 6 aromatic heterocycles. The summed E-state index contributed by atoms with van der Waals surface area (Å²) in [5, 5.41) is 67.6. The number of nitrogens with two attached hydrogens (primary N) is 3. The smallest absolute Gasteiger partial charge is 0.744 e. The van der Waals surface area contributed by atoms with Crippen LogP contribution in [-0.4, -0.2) is 129 Å². The minimum atomic E-state index is -4.97. The first kappa shape index (κ1) is 123. The predicted molar refractivity (Wildman–Crippen MR) is 505 cm³/mol. The van der Waals surface area contributed by atoms with Gasteiger partial charge in [-0.05, 0) is 212 Å². The van der Waals surface area contributed by atoms with Crippen molar-refractivity contribution in [2.24, 2.45) is 0 Å². The fourth-order valence-corrected chi connectivity index (χ4v) is 16.0. The average molecular weight is 2240 g/mol. The third kappa shape index (κ3) is 38.9. The number of para-hydroxylation sites is 3. The molecule has 0 saturated carbocycles. The summed E-state index contributed by atoms with van der Waals surface area (Å²) in [5.74, 6) is 0.231. The second-order valence-electron chi connectivity index (χ2n) is 26.4. The average Bonchev–Trinajstić information content (AvgIpc) is 0.807. The van der Waals surface area contributed by atoms with Gasteiger partial charge in [-0.2, -0.15) is 103 Å². The molecular weight excluding hydrogens is 2190 g/mol. The van der Waals surface area contributed by atoms with Crippen LogP contribution in [0.4, 0.5) is 123 Å². The Bertz CT molecular complexity index is 7370. The molecule has 0 radical (unpaired) electrons. The summed E-state index contributed by atoms with van der Waals surface area (Å²) in [7, 11) is -14.8. The molecule has 144 heavy (non-hydrogen) atoms. The van der Waals surface area contributed by atoms with Crippen molar-refractivity contribution in [3.8, 4) is 0 Å². The van der Waals surface area contributed by atoms with Gasteiger partial charge in [-0.3, -0.25) is 15.1 Å². The fraction of sp³-hybridized carbons (Fsp3) is 0. The molecule has 0 amide bonds. The molecule has 0 aliphatic heterocycles. The molecule has 0 bridgehead atoms. The minimum absolute atomic E-state index is 0. The Labute approximate surface area is 991 Å². The van der Waals surface area contributed by atoms with E-state index in [9.17, 15) is 54.7 Å². The molecule has 15 rings (SSSR count). The van der Waals surface area contributed by atoms with Gasteiger partial charge in [-0.15, -0.1) is 0 Å². The molecule has 0 aliphatic carbocycles. The molecule has 6 heterocycles. The number of halogens is 6. The Morgan fingerprint density at radius 1 is 0.243 bits per heavy atom. The van der Waals surface area contributed by atoms with E-state index in [0.717, 1.165) is 29.6 Å². The number of rotatable bonds is 36. The Hall–Kier alpha value is -7.98. The fourth-order valence-electron chi connectivity index (χ4n) is 11.4. The third-order valence-corrected chi connectivity index (χ3v) is 22.7. The van der Waals surface area contributed by atoms with Gasteiger partial charge in [0.25, 0.3) is 0 Å². The molecule has 0 atom stereocenters. The van der Waals surface area contributed by atoms with E-state index < -0.39 is 45.0 Å². The van der Waals surface area contributed by atoms with Crippen molar-refractivity contribution in [1.82, 2.24) is 89.7 Å². The van der Waals surface area contributed by atoms with Crippen LogP contribution in [0.5, 0.6) is 0 Å². The zero-order valence-electron chi connectivity index (χ0n) is 74.4. The van der Waals surface area contributed by atoms with Crippen molar-refractivity contribution in [2.75, 3.05) is 65.1 Å². The molecule has 0 unspecified atom stereocenters. The Morgan fingerprint density at radius 3 is 0.625 bits per heavy atom. The Kier molecular flexibility index (Phi) is 50.7. The van der Waals surface area contributed by atoms with E-state index in [0.29, 0.717) is 90.3 Å². The summed E-state index contributed by atoms with van der Waals surface area (Å²) in [6.07, 6.45) is 8.70. The Balaban J connectivity index is 0.000000289. The van der Waals surface area contributed by atoms with Gasteiger partial charge < -0.3 is 94.5 Å². The van der Waals surface area contributed by atoms with Crippen molar-refractivity contribution in [3.05, 3.63) is 265 Å². The van der Waals surface area contributed by atoms with Crippen LogP contribution < -0.4 is 258 Å². The number of hydrogen-bond donors (Lipinski definition) is 12. The van der Waals surface area contributed by atoms with E-state index in [1.54, 1.807) is 66.7 Å². The maximum absolute atomic E-state index is 12.4. The third-order valence-electron chi connectivity index (χ3n) is 17.0. The van der Waals surface area contributed by atoms with E-state index in [1.807, 2.05) is 78.9 Å². The Morgan fingerprint density at radius 2 is 0.424 bits per heavy atom. The van der Waals surface area contributed by atoms with Gasteiger partial charge >= 0.3 is 177 Å². The van der Waals surface area contributed by atoms with Crippen LogP contribution in [0.25, 0.3) is 36.5 Å². The van der Waals surface area contributed by atoms with Gasteiger partial charge in [0, 0.05) is 65.9 Å². The molecule has 66 heteroatoms. The normalized spacial score (nSPS) is 11.0. The van der Waals surface area contributed by atoms with Crippen LogP contribution in [0.15, 0.2) is 230 Å². The first-order chi connectivity index (χ1) is 66.2. The van der Waals surface area contributed by atoms with Crippen LogP contribution >= 0.6 is 106 Å². The molecule has 15 aromatic rings. The van der Waals surface area contributed by atoms with E-state index in [-0.39, 0.29) is 314 Å². The molecule has 9 aromatic carbocycles. The number of nitrogens with one attached hydrogen (secondary N) is 9. The molecule has 48 nitrogen and oxygen atoms in total. The summed E-state index contributed by atoms with van der Waals surface area (Å²) in [5.41, 5.74) is 22.3. The first-order valence-electron chi connectivity index (χ1n) is 37.7. The summed E-state index contributed by atoms with van der Waals surface area (Å²) in [6, 6.07) is 54.0. The number of nitrogens with zero attached hydrogens (tertiary/aromatic N) is 18. The van der Waals surface area contributed by atoms with E-state index in [4.69, 9.17) is 86.8 Å². The van der Waals surface area contributed by atoms with Gasteiger partial charge in [-0.25, -0.2) is 25.3 Å².